The molecule has 7 rings (SSSR count). The largest absolute Gasteiger partial charge is 0.506 e. The fraction of sp³-hybridized carbons (Fsp3) is 0.310. The normalized spacial score (nSPS) is 18.6. The minimum absolute atomic E-state index is 0.129. The summed E-state index contributed by atoms with van der Waals surface area (Å²) in [7, 11) is 0. The van der Waals surface area contributed by atoms with E-state index in [0.717, 1.165) is 39.8 Å². The molecular weight excluding hydrogens is 560 g/mol. The summed E-state index contributed by atoms with van der Waals surface area (Å²) in [4.78, 5) is 37.9. The second kappa shape index (κ2) is 9.08. The number of H-pyrrole nitrogens is 1. The summed E-state index contributed by atoms with van der Waals surface area (Å²) in [6.07, 6.45) is 6.36. The molecule has 1 fully saturated rings. The molecule has 2 aromatic carbocycles. The van der Waals surface area contributed by atoms with Gasteiger partial charge < -0.3 is 19.9 Å². The average Bonchev–Trinajstić information content (AvgIpc) is 3.61. The molecule has 1 aliphatic carbocycles. The fourth-order valence-corrected chi connectivity index (χ4v) is 6.52. The lowest BCUT2D eigenvalue weighted by atomic mass is 9.94. The number of nitrogens with one attached hydrogen (secondary N) is 1. The SMILES string of the molecule is C=CC(=O)N1CCc2nn(-c3ccc(C4CC4)cc3O)c3c2C(C1)N(C(=O)c1ccc(Br)c2nc[nH]c12)CC3. The molecule has 1 unspecified atom stereocenters. The number of fused-ring (bicyclic) bond motifs is 1. The van der Waals surface area contributed by atoms with Crippen molar-refractivity contribution in [2.75, 3.05) is 19.6 Å². The predicted octanol–water partition coefficient (Wildman–Crippen LogP) is 4.40. The van der Waals surface area contributed by atoms with Crippen LogP contribution >= 0.6 is 15.9 Å². The van der Waals surface area contributed by atoms with Crippen molar-refractivity contribution in [3.8, 4) is 11.4 Å². The van der Waals surface area contributed by atoms with E-state index in [1.165, 1.54) is 6.08 Å². The number of aromatic nitrogens is 4. The first-order valence-electron chi connectivity index (χ1n) is 13.2. The summed E-state index contributed by atoms with van der Waals surface area (Å²) < 4.78 is 2.66. The van der Waals surface area contributed by atoms with Crippen LogP contribution in [0.5, 0.6) is 5.75 Å². The summed E-state index contributed by atoms with van der Waals surface area (Å²) in [6, 6.07) is 9.14. The van der Waals surface area contributed by atoms with E-state index in [1.807, 2.05) is 27.8 Å². The molecule has 198 valence electrons. The Kier molecular flexibility index (Phi) is 5.62. The number of hydrogen-bond donors (Lipinski definition) is 2. The Morgan fingerprint density at radius 2 is 2.00 bits per heavy atom. The number of imidazole rings is 1. The predicted molar refractivity (Wildman–Crippen MR) is 149 cm³/mol. The topological polar surface area (TPSA) is 107 Å². The number of amides is 2. The maximum absolute atomic E-state index is 14.1. The molecule has 0 bridgehead atoms. The molecule has 2 N–H and O–H groups in total. The van der Waals surface area contributed by atoms with Crippen molar-refractivity contribution in [3.63, 3.8) is 0 Å². The standard InChI is InChI=1S/C29H27BrN6O3/c1-2-25(38)34-11-9-20-26-22(36(33-20)21-8-5-17(13-24(21)37)16-3-4-16)10-12-35(23(26)14-34)29(39)18-6-7-19(30)28-27(18)31-15-32-28/h2,5-8,13,15-16,23,37H,1,3-4,9-12,14H2,(H,31,32). The van der Waals surface area contributed by atoms with E-state index >= 15 is 0 Å². The monoisotopic (exact) mass is 586 g/mol. The van der Waals surface area contributed by atoms with E-state index in [-0.39, 0.29) is 23.6 Å². The number of nitrogens with zero attached hydrogens (tertiary/aromatic N) is 5. The van der Waals surface area contributed by atoms with Crippen LogP contribution in [0.15, 0.2) is 53.8 Å². The number of hydrogen-bond acceptors (Lipinski definition) is 5. The van der Waals surface area contributed by atoms with Gasteiger partial charge in [-0.2, -0.15) is 5.10 Å². The lowest BCUT2D eigenvalue weighted by Gasteiger charge is -2.38. The molecule has 1 atom stereocenters. The summed E-state index contributed by atoms with van der Waals surface area (Å²) in [6.45, 7) is 4.94. The third kappa shape index (κ3) is 3.88. The third-order valence-electron chi connectivity index (χ3n) is 8.19. The Hall–Kier alpha value is -3.92. The lowest BCUT2D eigenvalue weighted by Crippen LogP contribution is -2.45. The molecule has 2 amide bonds. The fourth-order valence-electron chi connectivity index (χ4n) is 6.09. The number of rotatable bonds is 4. The smallest absolute Gasteiger partial charge is 0.256 e. The molecule has 2 aromatic heterocycles. The van der Waals surface area contributed by atoms with Gasteiger partial charge in [0.15, 0.2) is 0 Å². The van der Waals surface area contributed by atoms with Crippen molar-refractivity contribution in [3.05, 3.63) is 81.9 Å². The molecule has 4 aromatic rings. The third-order valence-corrected chi connectivity index (χ3v) is 8.83. The van der Waals surface area contributed by atoms with Gasteiger partial charge in [-0.05, 0) is 70.6 Å². The number of carbonyl (C=O) groups is 2. The van der Waals surface area contributed by atoms with Crippen molar-refractivity contribution in [1.82, 2.24) is 29.5 Å². The van der Waals surface area contributed by atoms with Crippen molar-refractivity contribution in [1.29, 1.82) is 0 Å². The number of halogens is 1. The molecule has 39 heavy (non-hydrogen) atoms. The lowest BCUT2D eigenvalue weighted by molar-refractivity contribution is -0.126. The van der Waals surface area contributed by atoms with Gasteiger partial charge in [0.2, 0.25) is 5.91 Å². The van der Waals surface area contributed by atoms with Gasteiger partial charge in [-0.1, -0.05) is 12.6 Å². The highest BCUT2D eigenvalue weighted by Crippen LogP contribution is 2.43. The van der Waals surface area contributed by atoms with Crippen molar-refractivity contribution in [2.45, 2.75) is 37.6 Å². The van der Waals surface area contributed by atoms with Gasteiger partial charge in [-0.15, -0.1) is 0 Å². The molecule has 2 aliphatic heterocycles. The van der Waals surface area contributed by atoms with E-state index in [4.69, 9.17) is 5.10 Å². The maximum Gasteiger partial charge on any atom is 0.256 e. The van der Waals surface area contributed by atoms with E-state index in [2.05, 4.69) is 38.5 Å². The summed E-state index contributed by atoms with van der Waals surface area (Å²) in [5.41, 5.74) is 6.49. The molecular formula is C29H27BrN6O3. The first-order valence-corrected chi connectivity index (χ1v) is 14.0. The first kappa shape index (κ1) is 24.1. The van der Waals surface area contributed by atoms with E-state index < -0.39 is 0 Å². The number of carbonyl (C=O) groups excluding carboxylic acids is 2. The van der Waals surface area contributed by atoms with Crippen LogP contribution in [-0.4, -0.2) is 66.1 Å². The Balaban J connectivity index is 1.33. The maximum atomic E-state index is 14.1. The van der Waals surface area contributed by atoms with Gasteiger partial charge in [0.1, 0.15) is 17.0 Å². The molecule has 0 radical (unpaired) electrons. The highest BCUT2D eigenvalue weighted by atomic mass is 79.9. The van der Waals surface area contributed by atoms with Crippen LogP contribution in [0.2, 0.25) is 0 Å². The first-order chi connectivity index (χ1) is 18.9. The van der Waals surface area contributed by atoms with E-state index in [1.54, 1.807) is 17.3 Å². The second-order valence-electron chi connectivity index (χ2n) is 10.5. The van der Waals surface area contributed by atoms with Gasteiger partial charge in [0.25, 0.3) is 5.91 Å². The molecule has 10 heteroatoms. The molecule has 0 spiro atoms. The Labute approximate surface area is 233 Å². The summed E-state index contributed by atoms with van der Waals surface area (Å²) in [5.74, 6) is 0.453. The summed E-state index contributed by atoms with van der Waals surface area (Å²) in [5, 5.41) is 15.9. The number of aromatic hydroxyl groups is 1. The van der Waals surface area contributed by atoms with Crippen molar-refractivity contribution >= 4 is 38.8 Å². The number of phenols is 1. The minimum atomic E-state index is -0.383. The van der Waals surface area contributed by atoms with Crippen LogP contribution in [0.3, 0.4) is 0 Å². The quantitative estimate of drug-likeness (QED) is 0.344. The highest BCUT2D eigenvalue weighted by Gasteiger charge is 2.40. The Bertz CT molecular complexity index is 1670. The van der Waals surface area contributed by atoms with Crippen LogP contribution in [0, 0.1) is 0 Å². The van der Waals surface area contributed by atoms with Gasteiger partial charge >= 0.3 is 0 Å². The van der Waals surface area contributed by atoms with Crippen LogP contribution in [-0.2, 0) is 17.6 Å². The molecule has 0 saturated heterocycles. The van der Waals surface area contributed by atoms with Gasteiger partial charge in [0.05, 0.1) is 34.8 Å². The zero-order valence-electron chi connectivity index (χ0n) is 21.2. The Morgan fingerprint density at radius 3 is 2.77 bits per heavy atom. The number of aromatic amines is 1. The minimum Gasteiger partial charge on any atom is -0.506 e. The van der Waals surface area contributed by atoms with Crippen LogP contribution in [0.4, 0.5) is 0 Å². The van der Waals surface area contributed by atoms with Crippen molar-refractivity contribution < 1.29 is 14.7 Å². The summed E-state index contributed by atoms with van der Waals surface area (Å²) >= 11 is 3.52. The number of benzene rings is 2. The van der Waals surface area contributed by atoms with Crippen molar-refractivity contribution in [2.24, 2.45) is 0 Å². The zero-order valence-corrected chi connectivity index (χ0v) is 22.8. The average molecular weight is 587 g/mol. The Morgan fingerprint density at radius 1 is 1.15 bits per heavy atom. The van der Waals surface area contributed by atoms with E-state index in [9.17, 15) is 14.7 Å². The second-order valence-corrected chi connectivity index (χ2v) is 11.3. The van der Waals surface area contributed by atoms with Crippen LogP contribution in [0.25, 0.3) is 16.7 Å². The van der Waals surface area contributed by atoms with Gasteiger partial charge in [-0.25, -0.2) is 9.67 Å². The van der Waals surface area contributed by atoms with Crippen LogP contribution < -0.4 is 0 Å². The van der Waals surface area contributed by atoms with Crippen LogP contribution in [0.1, 0.15) is 57.7 Å². The van der Waals surface area contributed by atoms with Gasteiger partial charge in [0, 0.05) is 42.5 Å². The highest BCUT2D eigenvalue weighted by molar-refractivity contribution is 9.10. The molecule has 4 heterocycles. The number of phenolic OH excluding ortho intramolecular Hbond substituents is 1. The molecule has 3 aliphatic rings. The van der Waals surface area contributed by atoms with Gasteiger partial charge in [-0.3, -0.25) is 9.59 Å². The molecule has 1 saturated carbocycles. The van der Waals surface area contributed by atoms with E-state index in [0.29, 0.717) is 60.7 Å². The zero-order chi connectivity index (χ0) is 26.8. The molecule has 9 nitrogen and oxygen atoms in total.